The Labute approximate surface area is 167 Å². The van der Waals surface area contributed by atoms with E-state index in [0.29, 0.717) is 11.2 Å². The first-order valence-corrected chi connectivity index (χ1v) is 9.81. The van der Waals surface area contributed by atoms with E-state index in [-0.39, 0.29) is 11.9 Å². The fraction of sp³-hybridized carbons (Fsp3) is 0.286. The topological polar surface area (TPSA) is 90.0 Å². The van der Waals surface area contributed by atoms with Crippen LogP contribution in [0.25, 0.3) is 16.9 Å². The van der Waals surface area contributed by atoms with E-state index < -0.39 is 0 Å². The Bertz CT molecular complexity index is 1150. The Balaban J connectivity index is 1.42. The number of nitrogens with zero attached hydrogens (tertiary/aromatic N) is 6. The van der Waals surface area contributed by atoms with Gasteiger partial charge in [0.25, 0.3) is 5.91 Å². The number of fused-ring (bicyclic) bond motifs is 2. The molecule has 1 unspecified atom stereocenters. The van der Waals surface area contributed by atoms with Crippen LogP contribution in [0.5, 0.6) is 0 Å². The molecular weight excluding hydrogens is 366 g/mol. The van der Waals surface area contributed by atoms with Crippen molar-refractivity contribution in [3.8, 4) is 11.3 Å². The van der Waals surface area contributed by atoms with E-state index >= 15 is 0 Å². The van der Waals surface area contributed by atoms with Gasteiger partial charge in [-0.3, -0.25) is 14.5 Å². The molecule has 146 valence electrons. The summed E-state index contributed by atoms with van der Waals surface area (Å²) in [6.07, 6.45) is 10.1. The van der Waals surface area contributed by atoms with Crippen LogP contribution < -0.4 is 5.32 Å². The molecule has 0 saturated heterocycles. The van der Waals surface area contributed by atoms with Crippen molar-refractivity contribution in [2.24, 2.45) is 0 Å². The average Bonchev–Trinajstić information content (AvgIpc) is 3.38. The molecule has 1 aliphatic rings. The number of pyridine rings is 1. The Hall–Kier alpha value is -3.55. The number of rotatable bonds is 4. The molecule has 0 aliphatic carbocycles. The molecule has 4 aromatic rings. The van der Waals surface area contributed by atoms with E-state index in [1.165, 1.54) is 12.1 Å². The smallest absolute Gasteiger partial charge is 0.257 e. The van der Waals surface area contributed by atoms with E-state index in [1.54, 1.807) is 29.3 Å². The summed E-state index contributed by atoms with van der Waals surface area (Å²) in [5.41, 5.74) is 4.82. The fourth-order valence-electron chi connectivity index (χ4n) is 3.78. The van der Waals surface area contributed by atoms with Crippen LogP contribution in [-0.4, -0.2) is 35.3 Å². The predicted molar refractivity (Wildman–Crippen MR) is 107 cm³/mol. The van der Waals surface area contributed by atoms with Gasteiger partial charge < -0.3 is 5.32 Å². The summed E-state index contributed by atoms with van der Waals surface area (Å²) in [7, 11) is 0. The third-order valence-electron chi connectivity index (χ3n) is 5.33. The first-order valence-electron chi connectivity index (χ1n) is 9.81. The van der Waals surface area contributed by atoms with E-state index in [0.717, 1.165) is 36.3 Å². The number of hydrogen-bond donors (Lipinski definition) is 1. The third kappa shape index (κ3) is 3.16. The maximum Gasteiger partial charge on any atom is 0.257 e. The molecule has 1 aliphatic heterocycles. The van der Waals surface area contributed by atoms with Crippen molar-refractivity contribution in [2.45, 2.75) is 38.8 Å². The number of aromatic nitrogens is 6. The van der Waals surface area contributed by atoms with Crippen LogP contribution in [0.2, 0.25) is 0 Å². The summed E-state index contributed by atoms with van der Waals surface area (Å²) >= 11 is 0. The van der Waals surface area contributed by atoms with Gasteiger partial charge in [-0.15, -0.1) is 0 Å². The van der Waals surface area contributed by atoms with Gasteiger partial charge in [-0.05, 0) is 50.5 Å². The molecule has 0 aromatic carbocycles. The minimum absolute atomic E-state index is 0.197. The zero-order valence-electron chi connectivity index (χ0n) is 16.1. The standard InChI is InChI=1S/C21H21N7O/c1-14(18-11-16-6-2-3-10-27(16)26-18)25-21(29)17-13-24-28-19(7-9-23-20(17)28)15-5-4-8-22-12-15/h4-5,7-9,11-14H,2-3,6,10H2,1H3,(H,25,29). The lowest BCUT2D eigenvalue weighted by molar-refractivity contribution is 0.0940. The van der Waals surface area contributed by atoms with Crippen LogP contribution in [0.3, 0.4) is 0 Å². The highest BCUT2D eigenvalue weighted by atomic mass is 16.1. The molecule has 5 rings (SSSR count). The summed E-state index contributed by atoms with van der Waals surface area (Å²) in [6, 6.07) is 7.57. The number of nitrogens with one attached hydrogen (secondary N) is 1. The lowest BCUT2D eigenvalue weighted by atomic mass is 10.1. The summed E-state index contributed by atoms with van der Waals surface area (Å²) in [6.45, 7) is 2.90. The molecule has 0 spiro atoms. The monoisotopic (exact) mass is 387 g/mol. The second-order valence-electron chi connectivity index (χ2n) is 7.30. The molecule has 8 heteroatoms. The van der Waals surface area contributed by atoms with Gasteiger partial charge in [0.1, 0.15) is 5.56 Å². The first-order chi connectivity index (χ1) is 14.2. The Kier molecular flexibility index (Phi) is 4.31. The van der Waals surface area contributed by atoms with E-state index in [4.69, 9.17) is 0 Å². The van der Waals surface area contributed by atoms with Crippen molar-refractivity contribution in [1.29, 1.82) is 0 Å². The number of hydrogen-bond acceptors (Lipinski definition) is 5. The van der Waals surface area contributed by atoms with Crippen molar-refractivity contribution < 1.29 is 4.79 Å². The van der Waals surface area contributed by atoms with E-state index in [9.17, 15) is 4.79 Å². The van der Waals surface area contributed by atoms with Crippen molar-refractivity contribution in [3.05, 3.63) is 66.0 Å². The molecule has 0 fully saturated rings. The summed E-state index contributed by atoms with van der Waals surface area (Å²) < 4.78 is 3.73. The summed E-state index contributed by atoms with van der Waals surface area (Å²) in [4.78, 5) is 21.5. The van der Waals surface area contributed by atoms with Crippen LogP contribution in [0.4, 0.5) is 0 Å². The van der Waals surface area contributed by atoms with Crippen molar-refractivity contribution in [2.75, 3.05) is 0 Å². The SMILES string of the molecule is CC(NC(=O)c1cnn2c(-c3cccnc3)ccnc12)c1cc2n(n1)CCCC2. The molecule has 1 atom stereocenters. The molecule has 1 amide bonds. The zero-order valence-corrected chi connectivity index (χ0v) is 16.1. The Morgan fingerprint density at radius 2 is 2.14 bits per heavy atom. The van der Waals surface area contributed by atoms with Crippen molar-refractivity contribution in [3.63, 3.8) is 0 Å². The highest BCUT2D eigenvalue weighted by Gasteiger charge is 2.21. The largest absolute Gasteiger partial charge is 0.344 e. The van der Waals surface area contributed by atoms with Gasteiger partial charge in [0.2, 0.25) is 0 Å². The van der Waals surface area contributed by atoms with Crippen LogP contribution in [0.1, 0.15) is 47.6 Å². The summed E-state index contributed by atoms with van der Waals surface area (Å²) in [5, 5.41) is 12.1. The summed E-state index contributed by atoms with van der Waals surface area (Å²) in [5.74, 6) is -0.214. The van der Waals surface area contributed by atoms with Crippen molar-refractivity contribution >= 4 is 11.6 Å². The van der Waals surface area contributed by atoms with Crippen LogP contribution in [0.15, 0.2) is 49.1 Å². The predicted octanol–water partition coefficient (Wildman–Crippen LogP) is 2.82. The maximum absolute atomic E-state index is 12.9. The van der Waals surface area contributed by atoms with Crippen LogP contribution in [0, 0.1) is 0 Å². The second kappa shape index (κ2) is 7.12. The van der Waals surface area contributed by atoms with E-state index in [1.807, 2.05) is 25.1 Å². The molecule has 5 heterocycles. The minimum atomic E-state index is -0.214. The third-order valence-corrected chi connectivity index (χ3v) is 5.33. The molecular formula is C21H21N7O. The van der Waals surface area contributed by atoms with Crippen LogP contribution in [-0.2, 0) is 13.0 Å². The maximum atomic E-state index is 12.9. The van der Waals surface area contributed by atoms with Gasteiger partial charge in [0.05, 0.1) is 23.6 Å². The molecule has 1 N–H and O–H groups in total. The molecule has 0 radical (unpaired) electrons. The minimum Gasteiger partial charge on any atom is -0.344 e. The quantitative estimate of drug-likeness (QED) is 0.582. The van der Waals surface area contributed by atoms with E-state index in [2.05, 4.69) is 36.2 Å². The van der Waals surface area contributed by atoms with Gasteiger partial charge in [-0.25, -0.2) is 9.50 Å². The zero-order chi connectivity index (χ0) is 19.8. The molecule has 8 nitrogen and oxygen atoms in total. The normalized spacial score (nSPS) is 14.5. The van der Waals surface area contributed by atoms with Gasteiger partial charge in [-0.2, -0.15) is 10.2 Å². The molecule has 29 heavy (non-hydrogen) atoms. The van der Waals surface area contributed by atoms with Crippen LogP contribution >= 0.6 is 0 Å². The lowest BCUT2D eigenvalue weighted by Crippen LogP contribution is -2.27. The number of amides is 1. The molecule has 4 aromatic heterocycles. The number of carbonyl (C=O) groups excluding carboxylic acids is 1. The number of aryl methyl sites for hydroxylation is 2. The number of carbonyl (C=O) groups is 1. The Morgan fingerprint density at radius 1 is 1.21 bits per heavy atom. The molecule has 0 bridgehead atoms. The van der Waals surface area contributed by atoms with Gasteiger partial charge in [0, 0.05) is 36.4 Å². The highest BCUT2D eigenvalue weighted by molar-refractivity contribution is 6.00. The molecule has 0 saturated carbocycles. The first kappa shape index (κ1) is 17.5. The average molecular weight is 387 g/mol. The van der Waals surface area contributed by atoms with Crippen molar-refractivity contribution in [1.82, 2.24) is 34.7 Å². The highest BCUT2D eigenvalue weighted by Crippen LogP contribution is 2.22. The fourth-order valence-corrected chi connectivity index (χ4v) is 3.78. The second-order valence-corrected chi connectivity index (χ2v) is 7.30. The van der Waals surface area contributed by atoms with Gasteiger partial charge >= 0.3 is 0 Å². The van der Waals surface area contributed by atoms with Gasteiger partial charge in [0.15, 0.2) is 5.65 Å². The lowest BCUT2D eigenvalue weighted by Gasteiger charge is -2.12. The Morgan fingerprint density at radius 3 is 2.97 bits per heavy atom. The van der Waals surface area contributed by atoms with Gasteiger partial charge in [-0.1, -0.05) is 0 Å².